The third-order valence-electron chi connectivity index (χ3n) is 3.98. The highest BCUT2D eigenvalue weighted by Gasteiger charge is 2.25. The minimum atomic E-state index is -0.416. The van der Waals surface area contributed by atoms with Gasteiger partial charge in [0.15, 0.2) is 6.61 Å². The summed E-state index contributed by atoms with van der Waals surface area (Å²) in [4.78, 5) is 17.1. The maximum absolute atomic E-state index is 12.4. The summed E-state index contributed by atoms with van der Waals surface area (Å²) in [5.41, 5.74) is 3.40. The molecule has 0 N–H and O–H groups in total. The number of para-hydroxylation sites is 1. The predicted molar refractivity (Wildman–Crippen MR) is 78.8 cm³/mol. The van der Waals surface area contributed by atoms with Crippen LogP contribution < -0.4 is 0 Å². The van der Waals surface area contributed by atoms with Gasteiger partial charge in [-0.2, -0.15) is 5.26 Å². The molecular formula is C17H16N2O2. The van der Waals surface area contributed by atoms with Crippen LogP contribution in [0.15, 0.2) is 24.3 Å². The van der Waals surface area contributed by atoms with E-state index in [2.05, 4.69) is 6.92 Å². The number of aryl methyl sites for hydroxylation is 1. The number of nitrogens with zero attached hydrogens (tertiary/aromatic N) is 2. The quantitative estimate of drug-likeness (QED) is 0.793. The number of hydrogen-bond acceptors (Lipinski definition) is 4. The topological polar surface area (TPSA) is 63.0 Å². The summed E-state index contributed by atoms with van der Waals surface area (Å²) < 4.78 is 5.06. The van der Waals surface area contributed by atoms with Crippen LogP contribution in [0.1, 0.15) is 35.0 Å². The second kappa shape index (κ2) is 5.53. The van der Waals surface area contributed by atoms with Crippen molar-refractivity contribution in [1.29, 1.82) is 5.26 Å². The van der Waals surface area contributed by atoms with Crippen LogP contribution in [0.5, 0.6) is 0 Å². The number of carbonyl (C=O) groups excluding carboxylic acids is 1. The maximum Gasteiger partial charge on any atom is 0.340 e. The van der Waals surface area contributed by atoms with Gasteiger partial charge < -0.3 is 4.74 Å². The number of carbonyl (C=O) groups is 1. The van der Waals surface area contributed by atoms with Gasteiger partial charge >= 0.3 is 5.97 Å². The lowest BCUT2D eigenvalue weighted by Gasteiger charge is -2.23. The van der Waals surface area contributed by atoms with Gasteiger partial charge in [0.05, 0.1) is 11.1 Å². The molecule has 1 aliphatic carbocycles. The number of nitriles is 1. The zero-order chi connectivity index (χ0) is 14.8. The zero-order valence-electron chi connectivity index (χ0n) is 11.9. The van der Waals surface area contributed by atoms with Crippen molar-refractivity contribution in [2.75, 3.05) is 6.61 Å². The fourth-order valence-corrected chi connectivity index (χ4v) is 2.97. The number of rotatable bonds is 2. The fraction of sp³-hybridized carbons (Fsp3) is 0.353. The molecule has 0 unspecified atom stereocenters. The third-order valence-corrected chi connectivity index (χ3v) is 3.98. The molecule has 4 nitrogen and oxygen atoms in total. The SMILES string of the molecule is C[C@H]1CCc2nc3ccccc3c(C(=O)OCC#N)c2C1. The Bertz CT molecular complexity index is 746. The Hall–Kier alpha value is -2.41. The molecule has 0 bridgehead atoms. The van der Waals surface area contributed by atoms with Crippen LogP contribution >= 0.6 is 0 Å². The van der Waals surface area contributed by atoms with E-state index >= 15 is 0 Å². The lowest BCUT2D eigenvalue weighted by Crippen LogP contribution is -2.19. The molecule has 0 spiro atoms. The smallest absolute Gasteiger partial charge is 0.340 e. The van der Waals surface area contributed by atoms with Crippen LogP contribution in [-0.2, 0) is 17.6 Å². The Labute approximate surface area is 123 Å². The monoisotopic (exact) mass is 280 g/mol. The van der Waals surface area contributed by atoms with E-state index in [1.165, 1.54) is 0 Å². The van der Waals surface area contributed by atoms with E-state index in [-0.39, 0.29) is 6.61 Å². The third kappa shape index (κ3) is 2.47. The van der Waals surface area contributed by atoms with E-state index in [0.29, 0.717) is 11.5 Å². The molecule has 0 fully saturated rings. The summed E-state index contributed by atoms with van der Waals surface area (Å²) in [5.74, 6) is 0.114. The van der Waals surface area contributed by atoms with Crippen molar-refractivity contribution in [3.63, 3.8) is 0 Å². The summed E-state index contributed by atoms with van der Waals surface area (Å²) in [6.45, 7) is 1.96. The van der Waals surface area contributed by atoms with Crippen molar-refractivity contribution >= 4 is 16.9 Å². The van der Waals surface area contributed by atoms with Gasteiger partial charge in [0.1, 0.15) is 6.07 Å². The Morgan fingerprint density at radius 3 is 3.10 bits per heavy atom. The second-order valence-electron chi connectivity index (χ2n) is 5.51. The molecule has 0 saturated heterocycles. The van der Waals surface area contributed by atoms with E-state index in [4.69, 9.17) is 15.0 Å². The number of pyridine rings is 1. The molecule has 0 radical (unpaired) electrons. The largest absolute Gasteiger partial charge is 0.447 e. The van der Waals surface area contributed by atoms with E-state index in [9.17, 15) is 4.79 Å². The molecule has 0 saturated carbocycles. The van der Waals surface area contributed by atoms with E-state index in [1.54, 1.807) is 0 Å². The Balaban J connectivity index is 2.20. The minimum Gasteiger partial charge on any atom is -0.447 e. The van der Waals surface area contributed by atoms with Crippen LogP contribution in [-0.4, -0.2) is 17.6 Å². The molecule has 3 rings (SSSR count). The van der Waals surface area contributed by atoms with Gasteiger partial charge in [0.25, 0.3) is 0 Å². The highest BCUT2D eigenvalue weighted by atomic mass is 16.5. The fourth-order valence-electron chi connectivity index (χ4n) is 2.97. The van der Waals surface area contributed by atoms with Crippen molar-refractivity contribution < 1.29 is 9.53 Å². The van der Waals surface area contributed by atoms with Gasteiger partial charge in [-0.3, -0.25) is 4.98 Å². The Morgan fingerprint density at radius 2 is 2.29 bits per heavy atom. The molecule has 0 aliphatic heterocycles. The number of esters is 1. The van der Waals surface area contributed by atoms with Gasteiger partial charge in [-0.1, -0.05) is 25.1 Å². The zero-order valence-corrected chi connectivity index (χ0v) is 11.9. The first-order valence-electron chi connectivity index (χ1n) is 7.15. The lowest BCUT2D eigenvalue weighted by molar-refractivity contribution is 0.0555. The molecule has 2 aromatic rings. The Kier molecular flexibility index (Phi) is 3.57. The molecule has 1 aliphatic rings. The molecule has 1 heterocycles. The number of benzene rings is 1. The standard InChI is InChI=1S/C17H16N2O2/c1-11-6-7-15-13(10-11)16(17(20)21-9-8-18)12-4-2-3-5-14(12)19-15/h2-5,11H,6-7,9-10H2,1H3/t11-/m0/s1. The summed E-state index contributed by atoms with van der Waals surface area (Å²) in [5, 5.41) is 9.43. The van der Waals surface area contributed by atoms with Gasteiger partial charge in [-0.25, -0.2) is 4.79 Å². The van der Waals surface area contributed by atoms with Crippen LogP contribution in [0.25, 0.3) is 10.9 Å². The molecule has 4 heteroatoms. The molecule has 1 aromatic heterocycles. The maximum atomic E-state index is 12.4. The average Bonchev–Trinajstić information content (AvgIpc) is 2.50. The van der Waals surface area contributed by atoms with Crippen molar-refractivity contribution in [3.8, 4) is 6.07 Å². The van der Waals surface area contributed by atoms with E-state index < -0.39 is 5.97 Å². The van der Waals surface area contributed by atoms with Gasteiger partial charge in [0.2, 0.25) is 0 Å². The normalized spacial score (nSPS) is 17.0. The van der Waals surface area contributed by atoms with E-state index in [1.807, 2.05) is 30.3 Å². The minimum absolute atomic E-state index is 0.222. The summed E-state index contributed by atoms with van der Waals surface area (Å²) >= 11 is 0. The van der Waals surface area contributed by atoms with Crippen molar-refractivity contribution in [3.05, 3.63) is 41.1 Å². The number of ether oxygens (including phenoxy) is 1. The van der Waals surface area contributed by atoms with Crippen molar-refractivity contribution in [2.24, 2.45) is 5.92 Å². The molecule has 0 amide bonds. The molecule has 1 atom stereocenters. The molecular weight excluding hydrogens is 264 g/mol. The van der Waals surface area contributed by atoms with Gasteiger partial charge in [-0.05, 0) is 36.8 Å². The predicted octanol–water partition coefficient (Wildman–Crippen LogP) is 3.04. The van der Waals surface area contributed by atoms with Crippen LogP contribution in [0, 0.1) is 17.2 Å². The van der Waals surface area contributed by atoms with Gasteiger partial charge in [-0.15, -0.1) is 0 Å². The van der Waals surface area contributed by atoms with Crippen molar-refractivity contribution in [2.45, 2.75) is 26.2 Å². The summed E-state index contributed by atoms with van der Waals surface area (Å²) in [6.07, 6.45) is 2.81. The number of fused-ring (bicyclic) bond motifs is 2. The first-order chi connectivity index (χ1) is 10.2. The highest BCUT2D eigenvalue weighted by Crippen LogP contribution is 2.31. The lowest BCUT2D eigenvalue weighted by atomic mass is 9.84. The Morgan fingerprint density at radius 1 is 1.48 bits per heavy atom. The average molecular weight is 280 g/mol. The van der Waals surface area contributed by atoms with E-state index in [0.717, 1.165) is 41.4 Å². The number of aromatic nitrogens is 1. The second-order valence-corrected chi connectivity index (χ2v) is 5.51. The molecule has 1 aromatic carbocycles. The van der Waals surface area contributed by atoms with Crippen LogP contribution in [0.4, 0.5) is 0 Å². The summed E-state index contributed by atoms with van der Waals surface area (Å²) in [6, 6.07) is 9.46. The number of hydrogen-bond donors (Lipinski definition) is 0. The first-order valence-corrected chi connectivity index (χ1v) is 7.15. The highest BCUT2D eigenvalue weighted by molar-refractivity contribution is 6.05. The molecule has 21 heavy (non-hydrogen) atoms. The first kappa shape index (κ1) is 13.6. The van der Waals surface area contributed by atoms with Crippen LogP contribution in [0.3, 0.4) is 0 Å². The van der Waals surface area contributed by atoms with Crippen molar-refractivity contribution in [1.82, 2.24) is 4.98 Å². The summed E-state index contributed by atoms with van der Waals surface area (Å²) in [7, 11) is 0. The van der Waals surface area contributed by atoms with Crippen LogP contribution in [0.2, 0.25) is 0 Å². The molecule has 106 valence electrons. The van der Waals surface area contributed by atoms with Gasteiger partial charge in [0, 0.05) is 11.1 Å².